The molecule has 0 spiro atoms. The minimum atomic E-state index is -0.958. The number of halogens is 2. The number of methoxy groups -OCH3 is 1. The molecule has 2 aliphatic carbocycles. The van der Waals surface area contributed by atoms with Crippen LogP contribution in [0.2, 0.25) is 0 Å². The van der Waals surface area contributed by atoms with Crippen molar-refractivity contribution in [3.05, 3.63) is 53.9 Å². The normalized spacial score (nSPS) is 18.0. The maximum absolute atomic E-state index is 14.5. The van der Waals surface area contributed by atoms with E-state index in [2.05, 4.69) is 10.3 Å². The lowest BCUT2D eigenvalue weighted by Gasteiger charge is -2.33. The lowest BCUT2D eigenvalue weighted by molar-refractivity contribution is -0.127. The van der Waals surface area contributed by atoms with Crippen molar-refractivity contribution < 1.29 is 23.0 Å². The summed E-state index contributed by atoms with van der Waals surface area (Å²) in [6.45, 7) is 0.0597. The first-order valence-corrected chi connectivity index (χ1v) is 13.5. The Balaban J connectivity index is 1.53. The molecule has 1 N–H and O–H groups in total. The van der Waals surface area contributed by atoms with E-state index >= 15 is 0 Å². The second-order valence-corrected chi connectivity index (χ2v) is 10.3. The van der Waals surface area contributed by atoms with E-state index in [0.717, 1.165) is 69.9 Å². The average Bonchev–Trinajstić information content (AvgIpc) is 3.26. The van der Waals surface area contributed by atoms with Gasteiger partial charge in [0.15, 0.2) is 11.6 Å². The van der Waals surface area contributed by atoms with Crippen molar-refractivity contribution in [1.29, 1.82) is 0 Å². The minimum absolute atomic E-state index is 0.0597. The molecule has 1 amide bonds. The topological polar surface area (TPSA) is 65.4 Å². The van der Waals surface area contributed by atoms with Crippen LogP contribution >= 0.6 is 0 Å². The van der Waals surface area contributed by atoms with Crippen LogP contribution in [0, 0.1) is 17.6 Å². The molecule has 1 heterocycles. The zero-order valence-corrected chi connectivity index (χ0v) is 21.3. The van der Waals surface area contributed by atoms with Crippen molar-refractivity contribution in [2.45, 2.75) is 82.9 Å². The molecule has 6 nitrogen and oxygen atoms in total. The van der Waals surface area contributed by atoms with Crippen LogP contribution < -0.4 is 14.8 Å². The third kappa shape index (κ3) is 5.73. The Kier molecular flexibility index (Phi) is 7.91. The second-order valence-electron chi connectivity index (χ2n) is 10.3. The Bertz CT molecular complexity index is 1220. The van der Waals surface area contributed by atoms with Crippen LogP contribution in [0.1, 0.15) is 76.1 Å². The standard InChI is InChI=1S/C29H35F2N3O3/c1-36-21-12-14-22(15-13-21)37-18-27-33-25-16-23(30)24(31)17-26(25)34(27)28(19-8-4-2-5-9-19)29(35)32-20-10-6-3-7-11-20/h12-17,19-20,28H,2-11,18H2,1H3,(H,32,35). The number of nitrogens with one attached hydrogen (secondary N) is 1. The van der Waals surface area contributed by atoms with Crippen molar-refractivity contribution in [2.24, 2.45) is 5.92 Å². The Morgan fingerprint density at radius 2 is 1.59 bits per heavy atom. The van der Waals surface area contributed by atoms with E-state index in [9.17, 15) is 13.6 Å². The molecule has 37 heavy (non-hydrogen) atoms. The molecule has 1 atom stereocenters. The van der Waals surface area contributed by atoms with Gasteiger partial charge in [0, 0.05) is 18.2 Å². The van der Waals surface area contributed by atoms with Crippen LogP contribution in [-0.4, -0.2) is 28.6 Å². The molecule has 0 bridgehead atoms. The van der Waals surface area contributed by atoms with Gasteiger partial charge >= 0.3 is 0 Å². The van der Waals surface area contributed by atoms with Crippen molar-refractivity contribution in [3.63, 3.8) is 0 Å². The molecule has 1 unspecified atom stereocenters. The number of fused-ring (bicyclic) bond motifs is 1. The lowest BCUT2D eigenvalue weighted by Crippen LogP contribution is -2.44. The summed E-state index contributed by atoms with van der Waals surface area (Å²) >= 11 is 0. The van der Waals surface area contributed by atoms with E-state index in [1.165, 1.54) is 6.42 Å². The molecule has 0 radical (unpaired) electrons. The van der Waals surface area contributed by atoms with E-state index in [4.69, 9.17) is 9.47 Å². The summed E-state index contributed by atoms with van der Waals surface area (Å²) in [4.78, 5) is 18.6. The maximum atomic E-state index is 14.5. The zero-order valence-electron chi connectivity index (χ0n) is 21.3. The number of aromatic nitrogens is 2. The van der Waals surface area contributed by atoms with Crippen molar-refractivity contribution >= 4 is 16.9 Å². The second kappa shape index (κ2) is 11.5. The number of imidazole rings is 1. The smallest absolute Gasteiger partial charge is 0.243 e. The van der Waals surface area contributed by atoms with Gasteiger partial charge < -0.3 is 19.4 Å². The third-order valence-electron chi connectivity index (χ3n) is 7.83. The fraction of sp³-hybridized carbons (Fsp3) is 0.517. The minimum Gasteiger partial charge on any atom is -0.497 e. The Hall–Kier alpha value is -3.16. The largest absolute Gasteiger partial charge is 0.497 e. The van der Waals surface area contributed by atoms with E-state index in [-0.39, 0.29) is 24.5 Å². The van der Waals surface area contributed by atoms with Crippen LogP contribution in [0.15, 0.2) is 36.4 Å². The number of nitrogens with zero attached hydrogens (tertiary/aromatic N) is 2. The number of amides is 1. The van der Waals surface area contributed by atoms with E-state index < -0.39 is 17.7 Å². The third-order valence-corrected chi connectivity index (χ3v) is 7.83. The summed E-state index contributed by atoms with van der Waals surface area (Å²) < 4.78 is 41.7. The number of carbonyl (C=O) groups excluding carboxylic acids is 1. The van der Waals surface area contributed by atoms with Gasteiger partial charge in [-0.2, -0.15) is 0 Å². The van der Waals surface area contributed by atoms with Gasteiger partial charge in [-0.3, -0.25) is 4.79 Å². The molecule has 2 saturated carbocycles. The summed E-state index contributed by atoms with van der Waals surface area (Å²) in [7, 11) is 1.60. The van der Waals surface area contributed by atoms with Gasteiger partial charge in [-0.1, -0.05) is 38.5 Å². The molecular formula is C29H35F2N3O3. The van der Waals surface area contributed by atoms with Crippen molar-refractivity contribution in [2.75, 3.05) is 7.11 Å². The summed E-state index contributed by atoms with van der Waals surface area (Å²) in [5.41, 5.74) is 0.736. The first-order valence-electron chi connectivity index (χ1n) is 13.5. The number of hydrogen-bond donors (Lipinski definition) is 1. The van der Waals surface area contributed by atoms with Gasteiger partial charge in [0.1, 0.15) is 30.0 Å². The molecule has 0 saturated heterocycles. The molecule has 1 aromatic heterocycles. The molecule has 0 aliphatic heterocycles. The van der Waals surface area contributed by atoms with Crippen LogP contribution in [-0.2, 0) is 11.4 Å². The SMILES string of the molecule is COc1ccc(OCc2nc3cc(F)c(F)cc3n2C(C(=O)NC2CCCCC2)C2CCCCC2)cc1. The van der Waals surface area contributed by atoms with Crippen LogP contribution in [0.3, 0.4) is 0 Å². The molecular weight excluding hydrogens is 476 g/mol. The van der Waals surface area contributed by atoms with Gasteiger partial charge in [-0.15, -0.1) is 0 Å². The highest BCUT2D eigenvalue weighted by molar-refractivity contribution is 5.85. The number of ether oxygens (including phenoxy) is 2. The fourth-order valence-electron chi connectivity index (χ4n) is 5.90. The van der Waals surface area contributed by atoms with Crippen molar-refractivity contribution in [1.82, 2.24) is 14.9 Å². The van der Waals surface area contributed by atoms with Crippen LogP contribution in [0.5, 0.6) is 11.5 Å². The Morgan fingerprint density at radius 3 is 2.27 bits per heavy atom. The molecule has 3 aromatic rings. The summed E-state index contributed by atoms with van der Waals surface area (Å²) in [6, 6.07) is 9.03. The Labute approximate surface area is 216 Å². The predicted octanol–water partition coefficient (Wildman–Crippen LogP) is 6.47. The van der Waals surface area contributed by atoms with E-state index in [1.807, 2.05) is 4.57 Å². The highest BCUT2D eigenvalue weighted by Crippen LogP contribution is 2.37. The van der Waals surface area contributed by atoms with Gasteiger partial charge in [0.05, 0.1) is 18.1 Å². The fourth-order valence-corrected chi connectivity index (χ4v) is 5.90. The van der Waals surface area contributed by atoms with Crippen molar-refractivity contribution in [3.8, 4) is 11.5 Å². The molecule has 2 aromatic carbocycles. The van der Waals surface area contributed by atoms with Gasteiger partial charge in [-0.25, -0.2) is 13.8 Å². The first-order chi connectivity index (χ1) is 18.0. The number of hydrogen-bond acceptors (Lipinski definition) is 4. The summed E-state index contributed by atoms with van der Waals surface area (Å²) in [5.74, 6) is -0.0896. The summed E-state index contributed by atoms with van der Waals surface area (Å²) in [5, 5.41) is 3.30. The number of rotatable bonds is 8. The van der Waals surface area contributed by atoms with Crippen LogP contribution in [0.25, 0.3) is 11.0 Å². The van der Waals surface area contributed by atoms with E-state index in [1.54, 1.807) is 31.4 Å². The highest BCUT2D eigenvalue weighted by Gasteiger charge is 2.35. The van der Waals surface area contributed by atoms with E-state index in [0.29, 0.717) is 28.4 Å². The highest BCUT2D eigenvalue weighted by atomic mass is 19.2. The van der Waals surface area contributed by atoms with Gasteiger partial charge in [0.25, 0.3) is 0 Å². The maximum Gasteiger partial charge on any atom is 0.243 e. The Morgan fingerprint density at radius 1 is 0.973 bits per heavy atom. The number of carbonyl (C=O) groups is 1. The van der Waals surface area contributed by atoms with Crippen LogP contribution in [0.4, 0.5) is 8.78 Å². The average molecular weight is 512 g/mol. The monoisotopic (exact) mass is 511 g/mol. The predicted molar refractivity (Wildman–Crippen MR) is 138 cm³/mol. The quantitative estimate of drug-likeness (QED) is 0.376. The zero-order chi connectivity index (χ0) is 25.8. The van der Waals surface area contributed by atoms with Gasteiger partial charge in [-0.05, 0) is 55.9 Å². The lowest BCUT2D eigenvalue weighted by atomic mass is 9.83. The molecule has 198 valence electrons. The first kappa shape index (κ1) is 25.5. The summed E-state index contributed by atoms with van der Waals surface area (Å²) in [6.07, 6.45) is 10.4. The van der Waals surface area contributed by atoms with Gasteiger partial charge in [0.2, 0.25) is 5.91 Å². The number of benzene rings is 2. The molecule has 8 heteroatoms. The molecule has 2 aliphatic rings. The molecule has 5 rings (SSSR count). The molecule has 2 fully saturated rings.